The Morgan fingerprint density at radius 2 is 2.00 bits per heavy atom. The first-order valence-corrected chi connectivity index (χ1v) is 6.06. The molecule has 96 valence electrons. The molecule has 0 aliphatic heterocycles. The number of hydrogen-bond acceptors (Lipinski definition) is 3. The molecule has 0 amide bonds. The summed E-state index contributed by atoms with van der Waals surface area (Å²) in [7, 11) is 0. The molecule has 1 N–H and O–H groups in total. The number of aliphatic hydroxyl groups excluding tert-OH is 1. The van der Waals surface area contributed by atoms with Gasteiger partial charge >= 0.3 is 0 Å². The lowest BCUT2D eigenvalue weighted by Gasteiger charge is -2.15. The Balaban J connectivity index is 2.42. The van der Waals surface area contributed by atoms with Crippen molar-refractivity contribution in [3.05, 3.63) is 28.8 Å². The van der Waals surface area contributed by atoms with Crippen LogP contribution >= 0.6 is 11.6 Å². The summed E-state index contributed by atoms with van der Waals surface area (Å²) in [6.45, 7) is 6.19. The van der Waals surface area contributed by atoms with E-state index in [-0.39, 0.29) is 19.3 Å². The number of halogens is 1. The van der Waals surface area contributed by atoms with Crippen LogP contribution in [0.2, 0.25) is 5.02 Å². The van der Waals surface area contributed by atoms with Crippen molar-refractivity contribution in [2.45, 2.75) is 33.0 Å². The van der Waals surface area contributed by atoms with Crippen molar-refractivity contribution >= 4 is 11.6 Å². The summed E-state index contributed by atoms with van der Waals surface area (Å²) in [6.07, 6.45) is -0.541. The number of rotatable bonds is 6. The van der Waals surface area contributed by atoms with Gasteiger partial charge in [-0.05, 0) is 32.4 Å². The zero-order valence-corrected chi connectivity index (χ0v) is 11.2. The summed E-state index contributed by atoms with van der Waals surface area (Å²) in [5.74, 6) is 0.593. The van der Waals surface area contributed by atoms with E-state index in [2.05, 4.69) is 0 Å². The largest absolute Gasteiger partial charge is 0.489 e. The predicted molar refractivity (Wildman–Crippen MR) is 68.8 cm³/mol. The Morgan fingerprint density at radius 1 is 1.29 bits per heavy atom. The van der Waals surface area contributed by atoms with Crippen LogP contribution in [0.15, 0.2) is 18.2 Å². The molecule has 0 aliphatic carbocycles. The van der Waals surface area contributed by atoms with Crippen molar-refractivity contribution in [1.82, 2.24) is 0 Å². The van der Waals surface area contributed by atoms with Gasteiger partial charge in [0, 0.05) is 0 Å². The first-order chi connectivity index (χ1) is 8.00. The maximum atomic E-state index is 9.63. The van der Waals surface area contributed by atoms with E-state index in [0.29, 0.717) is 10.8 Å². The molecule has 1 aromatic carbocycles. The molecule has 1 rings (SSSR count). The fraction of sp³-hybridized carbons (Fsp3) is 0.538. The first-order valence-electron chi connectivity index (χ1n) is 5.68. The third-order valence-electron chi connectivity index (χ3n) is 2.21. The van der Waals surface area contributed by atoms with Crippen LogP contribution in [0.4, 0.5) is 0 Å². The van der Waals surface area contributed by atoms with Gasteiger partial charge in [-0.3, -0.25) is 0 Å². The number of aryl methyl sites for hydroxylation is 1. The van der Waals surface area contributed by atoms with Crippen LogP contribution in [-0.4, -0.2) is 30.5 Å². The van der Waals surface area contributed by atoms with Crippen LogP contribution in [0.3, 0.4) is 0 Å². The van der Waals surface area contributed by atoms with Crippen molar-refractivity contribution in [2.75, 3.05) is 13.2 Å². The molecule has 0 saturated heterocycles. The highest BCUT2D eigenvalue weighted by Gasteiger charge is 2.09. The topological polar surface area (TPSA) is 38.7 Å². The standard InChI is InChI=1S/C13H19ClO3/c1-9(2)16-7-11(15)8-17-12-6-4-5-10(3)13(12)14/h4-6,9,11,15H,7-8H2,1-3H3. The van der Waals surface area contributed by atoms with Gasteiger partial charge in [0.15, 0.2) is 0 Å². The fourth-order valence-corrected chi connectivity index (χ4v) is 1.45. The molecule has 3 nitrogen and oxygen atoms in total. The predicted octanol–water partition coefficient (Wildman–Crippen LogP) is 2.81. The van der Waals surface area contributed by atoms with E-state index in [9.17, 15) is 5.11 Å². The molecule has 1 atom stereocenters. The van der Waals surface area contributed by atoms with Gasteiger partial charge in [0.05, 0.1) is 17.7 Å². The summed E-state index contributed by atoms with van der Waals surface area (Å²) in [5.41, 5.74) is 0.956. The quantitative estimate of drug-likeness (QED) is 0.853. The third-order valence-corrected chi connectivity index (χ3v) is 2.69. The zero-order valence-electron chi connectivity index (χ0n) is 10.4. The minimum Gasteiger partial charge on any atom is -0.489 e. The smallest absolute Gasteiger partial charge is 0.138 e. The lowest BCUT2D eigenvalue weighted by molar-refractivity contribution is -0.0122. The van der Waals surface area contributed by atoms with E-state index in [1.807, 2.05) is 32.9 Å². The molecular weight excluding hydrogens is 240 g/mol. The normalized spacial score (nSPS) is 12.8. The summed E-state index contributed by atoms with van der Waals surface area (Å²) >= 11 is 6.07. The molecule has 0 saturated carbocycles. The van der Waals surface area contributed by atoms with Gasteiger partial charge < -0.3 is 14.6 Å². The van der Waals surface area contributed by atoms with E-state index in [1.165, 1.54) is 0 Å². The van der Waals surface area contributed by atoms with E-state index >= 15 is 0 Å². The highest BCUT2D eigenvalue weighted by Crippen LogP contribution is 2.27. The molecule has 0 spiro atoms. The highest BCUT2D eigenvalue weighted by molar-refractivity contribution is 6.32. The van der Waals surface area contributed by atoms with E-state index < -0.39 is 6.10 Å². The van der Waals surface area contributed by atoms with Gasteiger partial charge in [0.1, 0.15) is 18.5 Å². The molecular formula is C13H19ClO3. The molecule has 0 bridgehead atoms. The molecule has 0 aromatic heterocycles. The minimum absolute atomic E-state index is 0.104. The third kappa shape index (κ3) is 4.94. The Kier molecular flexibility index (Phi) is 5.75. The maximum absolute atomic E-state index is 9.63. The molecule has 1 unspecified atom stereocenters. The van der Waals surface area contributed by atoms with Crippen molar-refractivity contribution < 1.29 is 14.6 Å². The Bertz CT molecular complexity index is 353. The van der Waals surface area contributed by atoms with Crippen molar-refractivity contribution in [1.29, 1.82) is 0 Å². The van der Waals surface area contributed by atoms with Crippen LogP contribution in [-0.2, 0) is 4.74 Å². The first kappa shape index (κ1) is 14.3. The van der Waals surface area contributed by atoms with Crippen LogP contribution in [0.5, 0.6) is 5.75 Å². The molecule has 0 aliphatic rings. The van der Waals surface area contributed by atoms with Gasteiger partial charge in [0.2, 0.25) is 0 Å². The van der Waals surface area contributed by atoms with E-state index in [4.69, 9.17) is 21.1 Å². The Hall–Kier alpha value is -0.770. The summed E-state index contributed by atoms with van der Waals surface area (Å²) in [5, 5.41) is 10.2. The fourth-order valence-electron chi connectivity index (χ4n) is 1.27. The van der Waals surface area contributed by atoms with E-state index in [0.717, 1.165) is 5.56 Å². The number of benzene rings is 1. The van der Waals surface area contributed by atoms with Gasteiger partial charge in [-0.2, -0.15) is 0 Å². The Labute approximate surface area is 107 Å². The minimum atomic E-state index is -0.644. The molecule has 0 radical (unpaired) electrons. The number of aliphatic hydroxyl groups is 1. The molecule has 0 fully saturated rings. The summed E-state index contributed by atoms with van der Waals surface area (Å²) < 4.78 is 10.7. The van der Waals surface area contributed by atoms with Gasteiger partial charge in [0.25, 0.3) is 0 Å². The van der Waals surface area contributed by atoms with Gasteiger partial charge in [-0.1, -0.05) is 23.7 Å². The SMILES string of the molecule is Cc1cccc(OCC(O)COC(C)C)c1Cl. The van der Waals surface area contributed by atoms with Crippen LogP contribution < -0.4 is 4.74 Å². The highest BCUT2D eigenvalue weighted by atomic mass is 35.5. The van der Waals surface area contributed by atoms with Crippen molar-refractivity contribution in [3.63, 3.8) is 0 Å². The van der Waals surface area contributed by atoms with Gasteiger partial charge in [-0.15, -0.1) is 0 Å². The second-order valence-electron chi connectivity index (χ2n) is 4.23. The van der Waals surface area contributed by atoms with Gasteiger partial charge in [-0.25, -0.2) is 0 Å². The maximum Gasteiger partial charge on any atom is 0.138 e. The Morgan fingerprint density at radius 3 is 2.65 bits per heavy atom. The molecule has 4 heteroatoms. The summed E-state index contributed by atoms with van der Waals surface area (Å²) in [6, 6.07) is 5.56. The van der Waals surface area contributed by atoms with Crippen molar-refractivity contribution in [2.24, 2.45) is 0 Å². The molecule has 1 aromatic rings. The average Bonchev–Trinajstić information content (AvgIpc) is 2.28. The lowest BCUT2D eigenvalue weighted by atomic mass is 10.2. The van der Waals surface area contributed by atoms with Crippen molar-refractivity contribution in [3.8, 4) is 5.75 Å². The van der Waals surface area contributed by atoms with Crippen LogP contribution in [0.1, 0.15) is 19.4 Å². The van der Waals surface area contributed by atoms with E-state index in [1.54, 1.807) is 6.07 Å². The van der Waals surface area contributed by atoms with Crippen LogP contribution in [0.25, 0.3) is 0 Å². The number of ether oxygens (including phenoxy) is 2. The molecule has 17 heavy (non-hydrogen) atoms. The second-order valence-corrected chi connectivity index (χ2v) is 4.61. The number of hydrogen-bond donors (Lipinski definition) is 1. The summed E-state index contributed by atoms with van der Waals surface area (Å²) in [4.78, 5) is 0. The molecule has 0 heterocycles. The average molecular weight is 259 g/mol. The zero-order chi connectivity index (χ0) is 12.8. The van der Waals surface area contributed by atoms with Crippen LogP contribution in [0, 0.1) is 6.92 Å². The lowest BCUT2D eigenvalue weighted by Crippen LogP contribution is -2.25. The monoisotopic (exact) mass is 258 g/mol. The second kappa shape index (κ2) is 6.84.